The van der Waals surface area contributed by atoms with Crippen LogP contribution in [-0.4, -0.2) is 38.9 Å². The summed E-state index contributed by atoms with van der Waals surface area (Å²) in [7, 11) is 1.81. The number of hydrogen-bond acceptors (Lipinski definition) is 3. The number of halogens is 1. The molecule has 6 nitrogen and oxygen atoms in total. The fourth-order valence-corrected chi connectivity index (χ4v) is 4.38. The first-order chi connectivity index (χ1) is 13.5. The standard InChI is InChI=1S/C21H25FN4O2/c1-25-11-10-23-20(25)19(16-8-4-5-9-17(16)22)24-21(28)14-12-18(27)26(13-14)15-6-2-3-7-15/h4-5,8-11,14-15,19H,2-3,6-7,12-13H2,1H3,(H,24,28)/t14-,19-/m1/s1. The van der Waals surface area contributed by atoms with Crippen molar-refractivity contribution in [3.05, 3.63) is 53.9 Å². The van der Waals surface area contributed by atoms with E-state index in [-0.39, 0.29) is 24.3 Å². The Labute approximate surface area is 163 Å². The Morgan fingerprint density at radius 2 is 2.04 bits per heavy atom. The maximum absolute atomic E-state index is 14.5. The Bertz CT molecular complexity index is 875. The van der Waals surface area contributed by atoms with Gasteiger partial charge in [0.1, 0.15) is 17.7 Å². The lowest BCUT2D eigenvalue weighted by molar-refractivity contribution is -0.130. The minimum absolute atomic E-state index is 0.0477. The van der Waals surface area contributed by atoms with Crippen molar-refractivity contribution in [3.63, 3.8) is 0 Å². The quantitative estimate of drug-likeness (QED) is 0.862. The molecule has 0 bridgehead atoms. The third-order valence-electron chi connectivity index (χ3n) is 5.91. The number of hydrogen-bond donors (Lipinski definition) is 1. The molecule has 2 fully saturated rings. The van der Waals surface area contributed by atoms with E-state index in [0.29, 0.717) is 17.9 Å². The fourth-order valence-electron chi connectivity index (χ4n) is 4.38. The summed E-state index contributed by atoms with van der Waals surface area (Å²) in [4.78, 5) is 31.6. The molecule has 2 heterocycles. The lowest BCUT2D eigenvalue weighted by atomic mass is 10.0. The lowest BCUT2D eigenvalue weighted by Gasteiger charge is -2.24. The molecule has 1 saturated heterocycles. The molecule has 2 atom stereocenters. The van der Waals surface area contributed by atoms with Gasteiger partial charge < -0.3 is 14.8 Å². The van der Waals surface area contributed by atoms with E-state index in [1.54, 1.807) is 35.2 Å². The molecule has 28 heavy (non-hydrogen) atoms. The largest absolute Gasteiger partial charge is 0.342 e. The average molecular weight is 384 g/mol. The van der Waals surface area contributed by atoms with Crippen molar-refractivity contribution in [2.75, 3.05) is 6.54 Å². The molecular formula is C21H25FN4O2. The van der Waals surface area contributed by atoms with E-state index in [2.05, 4.69) is 10.3 Å². The van der Waals surface area contributed by atoms with E-state index in [1.807, 2.05) is 11.9 Å². The molecule has 1 aromatic heterocycles. The Kier molecular flexibility index (Phi) is 5.15. The molecule has 0 radical (unpaired) electrons. The van der Waals surface area contributed by atoms with Crippen molar-refractivity contribution in [3.8, 4) is 0 Å². The smallest absolute Gasteiger partial charge is 0.226 e. The number of nitrogens with one attached hydrogen (secondary N) is 1. The zero-order valence-electron chi connectivity index (χ0n) is 16.0. The summed E-state index contributed by atoms with van der Waals surface area (Å²) < 4.78 is 16.2. The molecule has 1 saturated carbocycles. The van der Waals surface area contributed by atoms with Gasteiger partial charge >= 0.3 is 0 Å². The normalized spacial score (nSPS) is 21.3. The van der Waals surface area contributed by atoms with E-state index in [1.165, 1.54) is 6.07 Å². The highest BCUT2D eigenvalue weighted by molar-refractivity contribution is 5.89. The van der Waals surface area contributed by atoms with Gasteiger partial charge in [0, 0.05) is 44.0 Å². The summed E-state index contributed by atoms with van der Waals surface area (Å²) in [6.07, 6.45) is 7.91. The van der Waals surface area contributed by atoms with E-state index in [9.17, 15) is 14.0 Å². The van der Waals surface area contributed by atoms with E-state index < -0.39 is 17.8 Å². The van der Waals surface area contributed by atoms with Crippen LogP contribution >= 0.6 is 0 Å². The molecule has 2 aromatic rings. The SMILES string of the molecule is Cn1ccnc1[C@H](NC(=O)[C@@H]1CC(=O)N(C2CCCC2)C1)c1ccccc1F. The molecule has 0 spiro atoms. The number of carbonyl (C=O) groups is 2. The zero-order chi connectivity index (χ0) is 19.7. The van der Waals surface area contributed by atoms with Crippen LogP contribution in [0.1, 0.15) is 49.5 Å². The van der Waals surface area contributed by atoms with Crippen LogP contribution in [0.3, 0.4) is 0 Å². The number of aryl methyl sites for hydroxylation is 1. The van der Waals surface area contributed by atoms with Gasteiger partial charge in [-0.15, -0.1) is 0 Å². The molecule has 7 heteroatoms. The predicted molar refractivity (Wildman–Crippen MR) is 102 cm³/mol. The Morgan fingerprint density at radius 3 is 2.71 bits per heavy atom. The van der Waals surface area contributed by atoms with Gasteiger partial charge in [0.25, 0.3) is 0 Å². The van der Waals surface area contributed by atoms with Gasteiger partial charge in [0.15, 0.2) is 0 Å². The molecule has 2 amide bonds. The molecule has 148 valence electrons. The van der Waals surface area contributed by atoms with Crippen molar-refractivity contribution in [2.45, 2.75) is 44.2 Å². The molecule has 2 aliphatic rings. The van der Waals surface area contributed by atoms with E-state index in [4.69, 9.17) is 0 Å². The second kappa shape index (κ2) is 7.73. The Balaban J connectivity index is 1.54. The topological polar surface area (TPSA) is 67.2 Å². The van der Waals surface area contributed by atoms with Gasteiger partial charge in [-0.3, -0.25) is 9.59 Å². The molecular weight excluding hydrogens is 359 g/mol. The van der Waals surface area contributed by atoms with Gasteiger partial charge in [0.05, 0.1) is 5.92 Å². The van der Waals surface area contributed by atoms with Crippen LogP contribution in [0.4, 0.5) is 4.39 Å². The lowest BCUT2D eigenvalue weighted by Crippen LogP contribution is -2.39. The molecule has 1 N–H and O–H groups in total. The van der Waals surface area contributed by atoms with Crippen molar-refractivity contribution < 1.29 is 14.0 Å². The summed E-state index contributed by atoms with van der Waals surface area (Å²) in [6.45, 7) is 0.444. The van der Waals surface area contributed by atoms with Crippen LogP contribution in [0.15, 0.2) is 36.7 Å². The van der Waals surface area contributed by atoms with Gasteiger partial charge in [-0.25, -0.2) is 9.37 Å². The summed E-state index contributed by atoms with van der Waals surface area (Å²) in [6, 6.07) is 5.94. The number of nitrogens with zero attached hydrogens (tertiary/aromatic N) is 3. The number of aromatic nitrogens is 2. The second-order valence-electron chi connectivity index (χ2n) is 7.74. The molecule has 0 unspecified atom stereocenters. The van der Waals surface area contributed by atoms with Crippen LogP contribution in [0.5, 0.6) is 0 Å². The number of benzene rings is 1. The summed E-state index contributed by atoms with van der Waals surface area (Å²) >= 11 is 0. The third kappa shape index (κ3) is 3.53. The summed E-state index contributed by atoms with van der Waals surface area (Å²) in [5, 5.41) is 2.95. The maximum atomic E-state index is 14.5. The minimum atomic E-state index is -0.704. The third-order valence-corrected chi connectivity index (χ3v) is 5.91. The highest BCUT2D eigenvalue weighted by atomic mass is 19.1. The van der Waals surface area contributed by atoms with Gasteiger partial charge in [-0.05, 0) is 18.9 Å². The van der Waals surface area contributed by atoms with Crippen molar-refractivity contribution in [2.24, 2.45) is 13.0 Å². The van der Waals surface area contributed by atoms with Crippen LogP contribution in [0, 0.1) is 11.7 Å². The first-order valence-corrected chi connectivity index (χ1v) is 9.86. The summed E-state index contributed by atoms with van der Waals surface area (Å²) in [5.74, 6) is -0.444. The maximum Gasteiger partial charge on any atom is 0.226 e. The number of amides is 2. The highest BCUT2D eigenvalue weighted by Crippen LogP contribution is 2.30. The number of rotatable bonds is 5. The van der Waals surface area contributed by atoms with E-state index in [0.717, 1.165) is 25.7 Å². The van der Waals surface area contributed by atoms with Crippen molar-refractivity contribution >= 4 is 11.8 Å². The van der Waals surface area contributed by atoms with Gasteiger partial charge in [-0.2, -0.15) is 0 Å². The molecule has 4 rings (SSSR count). The van der Waals surface area contributed by atoms with Crippen molar-refractivity contribution in [1.82, 2.24) is 19.8 Å². The first kappa shape index (κ1) is 18.7. The number of carbonyl (C=O) groups excluding carboxylic acids is 2. The first-order valence-electron chi connectivity index (χ1n) is 9.86. The van der Waals surface area contributed by atoms with Gasteiger partial charge in [0.2, 0.25) is 11.8 Å². The van der Waals surface area contributed by atoms with E-state index >= 15 is 0 Å². The van der Waals surface area contributed by atoms with Crippen LogP contribution in [0.2, 0.25) is 0 Å². The van der Waals surface area contributed by atoms with Crippen LogP contribution in [-0.2, 0) is 16.6 Å². The fraction of sp³-hybridized carbons (Fsp3) is 0.476. The summed E-state index contributed by atoms with van der Waals surface area (Å²) in [5.41, 5.74) is 0.363. The molecule has 1 aliphatic heterocycles. The second-order valence-corrected chi connectivity index (χ2v) is 7.74. The van der Waals surface area contributed by atoms with Crippen LogP contribution in [0.25, 0.3) is 0 Å². The zero-order valence-corrected chi connectivity index (χ0v) is 16.0. The Morgan fingerprint density at radius 1 is 1.29 bits per heavy atom. The van der Waals surface area contributed by atoms with Crippen molar-refractivity contribution in [1.29, 1.82) is 0 Å². The predicted octanol–water partition coefficient (Wildman–Crippen LogP) is 2.56. The monoisotopic (exact) mass is 384 g/mol. The highest BCUT2D eigenvalue weighted by Gasteiger charge is 2.39. The number of imidazole rings is 1. The molecule has 1 aliphatic carbocycles. The van der Waals surface area contributed by atoms with Gasteiger partial charge in [-0.1, -0.05) is 31.0 Å². The Hall–Kier alpha value is -2.70. The minimum Gasteiger partial charge on any atom is -0.342 e. The molecule has 1 aromatic carbocycles. The number of likely N-dealkylation sites (tertiary alicyclic amines) is 1. The average Bonchev–Trinajstić information content (AvgIpc) is 3.41. The van der Waals surface area contributed by atoms with Crippen LogP contribution < -0.4 is 5.32 Å².